The number of hydrogen-bond donors (Lipinski definition) is 3. The molecule has 0 radical (unpaired) electrons. The largest absolute Gasteiger partial charge is 0.449 e. The van der Waals surface area contributed by atoms with Crippen LogP contribution < -0.4 is 20.7 Å². The van der Waals surface area contributed by atoms with Crippen molar-refractivity contribution >= 4 is 34.0 Å². The van der Waals surface area contributed by atoms with E-state index in [1.165, 1.54) is 0 Å². The van der Waals surface area contributed by atoms with E-state index in [2.05, 4.69) is 20.0 Å². The van der Waals surface area contributed by atoms with Gasteiger partial charge in [0, 0.05) is 36.3 Å². The third-order valence-electron chi connectivity index (χ3n) is 8.62. The van der Waals surface area contributed by atoms with Crippen LogP contribution in [0.15, 0.2) is 12.3 Å². The second-order valence-electron chi connectivity index (χ2n) is 12.4. The molecule has 5 fully saturated rings. The summed E-state index contributed by atoms with van der Waals surface area (Å²) < 4.78 is 38.6. The van der Waals surface area contributed by atoms with E-state index in [0.717, 1.165) is 38.4 Å². The van der Waals surface area contributed by atoms with Gasteiger partial charge < -0.3 is 25.4 Å². The van der Waals surface area contributed by atoms with Gasteiger partial charge in [-0.05, 0) is 69.8 Å². The van der Waals surface area contributed by atoms with E-state index in [1.807, 2.05) is 0 Å². The molecule has 1 aromatic rings. The zero-order valence-corrected chi connectivity index (χ0v) is 23.7. The smallest absolute Gasteiger partial charge is 0.404 e. The molecule has 2 heterocycles. The van der Waals surface area contributed by atoms with Crippen LogP contribution in [0.3, 0.4) is 0 Å². The zero-order chi connectivity index (χ0) is 28.0. The number of nitrogens with one attached hydrogen (secondary N) is 2. The second kappa shape index (κ2) is 10.4. The Morgan fingerprint density at radius 1 is 1.23 bits per heavy atom. The van der Waals surface area contributed by atoms with Crippen molar-refractivity contribution in [2.45, 2.75) is 57.5 Å². The van der Waals surface area contributed by atoms with Crippen molar-refractivity contribution in [3.63, 3.8) is 0 Å². The number of morpholine rings is 1. The Bertz CT molecular complexity index is 1220. The van der Waals surface area contributed by atoms with Gasteiger partial charge in [-0.3, -0.25) is 4.79 Å². The highest BCUT2D eigenvalue weighted by molar-refractivity contribution is 7.88. The van der Waals surface area contributed by atoms with Gasteiger partial charge in [-0.25, -0.2) is 22.6 Å². The lowest BCUT2D eigenvalue weighted by Gasteiger charge is -2.59. The molecule has 13 heteroatoms. The molecule has 39 heavy (non-hydrogen) atoms. The van der Waals surface area contributed by atoms with Gasteiger partial charge in [0.15, 0.2) is 0 Å². The summed E-state index contributed by atoms with van der Waals surface area (Å²) in [5, 5.41) is 7.86. The topological polar surface area (TPSA) is 158 Å². The van der Waals surface area contributed by atoms with Crippen LogP contribution in [0.1, 0.15) is 56.3 Å². The molecule has 4 aliphatic carbocycles. The summed E-state index contributed by atoms with van der Waals surface area (Å²) in [6, 6.07) is 0.0603. The number of carbonyl (C=O) groups excluding carboxylic acids is 2. The zero-order valence-electron chi connectivity index (χ0n) is 22.9. The molecule has 0 spiro atoms. The summed E-state index contributed by atoms with van der Waals surface area (Å²) >= 11 is 0. The lowest BCUT2D eigenvalue weighted by molar-refractivity contribution is -0.0977. The van der Waals surface area contributed by atoms with Crippen LogP contribution in [-0.4, -0.2) is 80.9 Å². The van der Waals surface area contributed by atoms with E-state index in [-0.39, 0.29) is 17.4 Å². The third-order valence-corrected chi connectivity index (χ3v) is 9.52. The maximum absolute atomic E-state index is 13.8. The molecular formula is C26H40N6O6S. The number of sulfonamides is 1. The Morgan fingerprint density at radius 2 is 1.90 bits per heavy atom. The van der Waals surface area contributed by atoms with Crippen LogP contribution in [0.5, 0.6) is 0 Å². The van der Waals surface area contributed by atoms with Crippen LogP contribution in [-0.2, 0) is 19.5 Å². The molecule has 4 N–H and O–H groups in total. The van der Waals surface area contributed by atoms with Crippen LogP contribution >= 0.6 is 0 Å². The molecule has 2 atom stereocenters. The van der Waals surface area contributed by atoms with Gasteiger partial charge in [0.05, 0.1) is 32.3 Å². The first-order chi connectivity index (χ1) is 18.3. The number of nitrogens with zero attached hydrogens (tertiary/aromatic N) is 3. The molecule has 1 saturated heterocycles. The lowest BCUT2D eigenvalue weighted by atomic mass is 9.48. The number of aromatic nitrogens is 2. The van der Waals surface area contributed by atoms with Gasteiger partial charge in [0.1, 0.15) is 11.4 Å². The highest BCUT2D eigenvalue weighted by Gasteiger charge is 2.56. The minimum atomic E-state index is -3.42. The molecule has 4 bridgehead atoms. The first-order valence-corrected chi connectivity index (χ1v) is 15.5. The highest BCUT2D eigenvalue weighted by Crippen LogP contribution is 2.60. The van der Waals surface area contributed by atoms with Crippen molar-refractivity contribution in [2.24, 2.45) is 28.9 Å². The molecule has 12 nitrogen and oxygen atoms in total. The summed E-state index contributed by atoms with van der Waals surface area (Å²) in [6.45, 7) is 6.18. The van der Waals surface area contributed by atoms with E-state index < -0.39 is 21.7 Å². The average molecular weight is 565 g/mol. The first-order valence-electron chi connectivity index (χ1n) is 13.6. The Balaban J connectivity index is 1.36. The van der Waals surface area contributed by atoms with Crippen molar-refractivity contribution in [3.05, 3.63) is 17.8 Å². The molecule has 6 rings (SSSR count). The fourth-order valence-electron chi connectivity index (χ4n) is 7.54. The van der Waals surface area contributed by atoms with Gasteiger partial charge in [-0.2, -0.15) is 5.10 Å². The van der Waals surface area contributed by atoms with Crippen molar-refractivity contribution in [3.8, 4) is 0 Å². The number of carbonyl (C=O) groups is 2. The van der Waals surface area contributed by atoms with Crippen LogP contribution in [0.4, 0.5) is 10.6 Å². The Hall–Kier alpha value is -2.64. The van der Waals surface area contributed by atoms with Crippen molar-refractivity contribution < 1.29 is 27.5 Å². The van der Waals surface area contributed by atoms with Gasteiger partial charge in [0.25, 0.3) is 5.91 Å². The standard InChI is InChI=1S/C26H40N6O6S/c1-25(2,30-39(3,35)36)4-5-32-23(31-6-8-37-9-7-31)20(15-28-32)22(33)29-21-18-10-17-11-19(21)14-26(12-17,13-18)16-38-24(27)34/h4-5,15,17-19,21,30H,6-14,16H2,1-3H3,(H2,27,34)(H,29,33). The number of primary amides is 1. The van der Waals surface area contributed by atoms with Gasteiger partial charge >= 0.3 is 6.09 Å². The lowest BCUT2D eigenvalue weighted by Crippen LogP contribution is -2.60. The Labute approximate surface area is 229 Å². The van der Waals surface area contributed by atoms with E-state index in [4.69, 9.17) is 15.2 Å². The normalized spacial score (nSPS) is 30.6. The van der Waals surface area contributed by atoms with E-state index in [0.29, 0.717) is 62.0 Å². The third kappa shape index (κ3) is 6.25. The van der Waals surface area contributed by atoms with Crippen molar-refractivity contribution in [1.29, 1.82) is 0 Å². The number of ether oxygens (including phenoxy) is 2. The van der Waals surface area contributed by atoms with E-state index in [9.17, 15) is 18.0 Å². The molecule has 2 unspecified atom stereocenters. The summed E-state index contributed by atoms with van der Waals surface area (Å²) in [5.74, 6) is 1.76. The molecule has 5 aliphatic rings. The number of anilines is 1. The summed E-state index contributed by atoms with van der Waals surface area (Å²) in [6.07, 6.45) is 10.4. The first kappa shape index (κ1) is 27.9. The monoisotopic (exact) mass is 564 g/mol. The summed E-state index contributed by atoms with van der Waals surface area (Å²) in [4.78, 5) is 27.1. The molecular weight excluding hydrogens is 524 g/mol. The molecule has 1 aliphatic heterocycles. The highest BCUT2D eigenvalue weighted by atomic mass is 32.2. The molecule has 1 aromatic heterocycles. The number of amides is 2. The number of rotatable bonds is 9. The minimum absolute atomic E-state index is 0.0335. The van der Waals surface area contributed by atoms with Crippen LogP contribution in [0.2, 0.25) is 0 Å². The van der Waals surface area contributed by atoms with Gasteiger partial charge in [-0.1, -0.05) is 0 Å². The Morgan fingerprint density at radius 3 is 2.51 bits per heavy atom. The van der Waals surface area contributed by atoms with Crippen LogP contribution in [0, 0.1) is 23.2 Å². The van der Waals surface area contributed by atoms with Gasteiger partial charge in [-0.15, -0.1) is 0 Å². The maximum Gasteiger partial charge on any atom is 0.404 e. The maximum atomic E-state index is 13.8. The predicted octanol–water partition coefficient (Wildman–Crippen LogP) is 1.54. The second-order valence-corrected chi connectivity index (χ2v) is 14.2. The fourth-order valence-corrected chi connectivity index (χ4v) is 8.57. The summed E-state index contributed by atoms with van der Waals surface area (Å²) in [5.41, 5.74) is 4.86. The SMILES string of the molecule is CC(C)(C=Cn1ncc(C(=O)NC2C3CC4CC2CC(COC(N)=O)(C4)C3)c1N1CCOCC1)NS(C)(=O)=O. The quantitative estimate of drug-likeness (QED) is 0.408. The van der Waals surface area contributed by atoms with Crippen LogP contribution in [0.25, 0.3) is 6.20 Å². The Kier molecular flexibility index (Phi) is 7.44. The van der Waals surface area contributed by atoms with E-state index >= 15 is 0 Å². The van der Waals surface area contributed by atoms with E-state index in [1.54, 1.807) is 37.0 Å². The molecule has 0 aromatic carbocycles. The number of nitrogens with two attached hydrogens (primary N) is 1. The average Bonchev–Trinajstić information content (AvgIpc) is 3.27. The molecule has 4 saturated carbocycles. The van der Waals surface area contributed by atoms with Gasteiger partial charge in [0.2, 0.25) is 10.0 Å². The minimum Gasteiger partial charge on any atom is -0.449 e. The predicted molar refractivity (Wildman–Crippen MR) is 145 cm³/mol. The molecule has 2 amide bonds. The van der Waals surface area contributed by atoms with Crippen molar-refractivity contribution in [2.75, 3.05) is 44.1 Å². The molecule has 216 valence electrons. The number of hydrogen-bond acceptors (Lipinski definition) is 8. The van der Waals surface area contributed by atoms with Crippen molar-refractivity contribution in [1.82, 2.24) is 19.8 Å². The summed E-state index contributed by atoms with van der Waals surface area (Å²) in [7, 11) is -3.42. The fraction of sp³-hybridized carbons (Fsp3) is 0.731.